The zero-order chi connectivity index (χ0) is 7.61. The topological polar surface area (TPSA) is 66.8 Å². The van der Waals surface area contributed by atoms with Crippen molar-refractivity contribution in [3.05, 3.63) is 0 Å². The van der Waals surface area contributed by atoms with E-state index in [1.165, 1.54) is 5.06 Å². The Hall–Kier alpha value is -0.170. The molecule has 1 rings (SSSR count). The summed E-state index contributed by atoms with van der Waals surface area (Å²) in [6, 6.07) is 0. The normalized spacial score (nSPS) is 20.5. The zero-order valence-corrected chi connectivity index (χ0v) is 6.17. The highest BCUT2D eigenvalue weighted by Crippen LogP contribution is 2.05. The number of hydroxylamine groups is 2. The van der Waals surface area contributed by atoms with Gasteiger partial charge in [-0.25, -0.2) is 0 Å². The summed E-state index contributed by atoms with van der Waals surface area (Å²) in [5.41, 5.74) is 0. The van der Waals surface area contributed by atoms with Gasteiger partial charge < -0.3 is 0 Å². The van der Waals surface area contributed by atoms with Gasteiger partial charge >= 0.3 is 0 Å². The molecule has 0 atom stereocenters. The molecule has 0 aliphatic carbocycles. The van der Waals surface area contributed by atoms with Crippen LogP contribution in [0.1, 0.15) is 6.42 Å². The Labute approximate surface area is 59.3 Å². The standard InChI is InChI=1S/C4H9NO4S/c6-10(7,8)4-9-5-2-1-3-5/h1-4H2,(H,6,7,8). The Morgan fingerprint density at radius 3 is 2.40 bits per heavy atom. The number of hydrogen-bond donors (Lipinski definition) is 1. The Balaban J connectivity index is 2.16. The molecule has 1 fully saturated rings. The van der Waals surface area contributed by atoms with Crippen LogP contribution in [0, 0.1) is 0 Å². The molecule has 60 valence electrons. The lowest BCUT2D eigenvalue weighted by Gasteiger charge is -2.28. The van der Waals surface area contributed by atoms with Crippen molar-refractivity contribution in [2.24, 2.45) is 0 Å². The molecule has 6 heteroatoms. The Bertz CT molecular complexity index is 195. The molecule has 5 nitrogen and oxygen atoms in total. The first kappa shape index (κ1) is 7.93. The fourth-order valence-corrected chi connectivity index (χ4v) is 0.840. The lowest BCUT2D eigenvalue weighted by Crippen LogP contribution is -2.38. The monoisotopic (exact) mass is 167 g/mol. The van der Waals surface area contributed by atoms with Gasteiger partial charge in [-0.1, -0.05) is 0 Å². The average Bonchev–Trinajstić information content (AvgIpc) is 1.56. The molecule has 0 aromatic rings. The Morgan fingerprint density at radius 1 is 1.50 bits per heavy atom. The van der Waals surface area contributed by atoms with Gasteiger partial charge in [-0.3, -0.25) is 9.39 Å². The van der Waals surface area contributed by atoms with Crippen LogP contribution in [0.2, 0.25) is 0 Å². The molecule has 10 heavy (non-hydrogen) atoms. The van der Waals surface area contributed by atoms with Gasteiger partial charge in [0, 0.05) is 13.1 Å². The molecule has 1 saturated heterocycles. The molecular weight excluding hydrogens is 158 g/mol. The van der Waals surface area contributed by atoms with Crippen molar-refractivity contribution >= 4 is 10.1 Å². The molecule has 0 unspecified atom stereocenters. The summed E-state index contributed by atoms with van der Waals surface area (Å²) >= 11 is 0. The number of hydrogen-bond acceptors (Lipinski definition) is 4. The zero-order valence-electron chi connectivity index (χ0n) is 5.36. The molecule has 0 amide bonds. The molecule has 1 heterocycles. The fourth-order valence-electron chi connectivity index (χ4n) is 0.557. The van der Waals surface area contributed by atoms with Crippen LogP contribution in [-0.2, 0) is 15.0 Å². The molecule has 0 saturated carbocycles. The first-order valence-corrected chi connectivity index (χ1v) is 4.52. The number of nitrogens with zero attached hydrogens (tertiary/aromatic N) is 1. The van der Waals surface area contributed by atoms with E-state index in [2.05, 4.69) is 4.84 Å². The summed E-state index contributed by atoms with van der Waals surface area (Å²) in [7, 11) is -3.96. The van der Waals surface area contributed by atoms with Crippen LogP contribution in [-0.4, -0.2) is 37.1 Å². The van der Waals surface area contributed by atoms with Gasteiger partial charge in [0.15, 0.2) is 5.94 Å². The van der Waals surface area contributed by atoms with E-state index in [4.69, 9.17) is 4.55 Å². The van der Waals surface area contributed by atoms with Gasteiger partial charge in [0.05, 0.1) is 0 Å². The summed E-state index contributed by atoms with van der Waals surface area (Å²) < 4.78 is 28.4. The van der Waals surface area contributed by atoms with Crippen LogP contribution < -0.4 is 0 Å². The van der Waals surface area contributed by atoms with Crippen molar-refractivity contribution in [3.8, 4) is 0 Å². The highest BCUT2D eigenvalue weighted by atomic mass is 32.2. The second-order valence-electron chi connectivity index (χ2n) is 2.11. The summed E-state index contributed by atoms with van der Waals surface area (Å²) in [6.07, 6.45) is 1.02. The third-order valence-electron chi connectivity index (χ3n) is 1.20. The fraction of sp³-hybridized carbons (Fsp3) is 1.00. The van der Waals surface area contributed by atoms with Crippen LogP contribution in [0.5, 0.6) is 0 Å². The minimum Gasteiger partial charge on any atom is -0.284 e. The summed E-state index contributed by atoms with van der Waals surface area (Å²) in [6.45, 7) is 1.49. The van der Waals surface area contributed by atoms with Crippen molar-refractivity contribution in [1.82, 2.24) is 5.06 Å². The maximum atomic E-state index is 10.1. The van der Waals surface area contributed by atoms with E-state index in [-0.39, 0.29) is 0 Å². The largest absolute Gasteiger partial charge is 0.291 e. The molecule has 0 spiro atoms. The quantitative estimate of drug-likeness (QED) is 0.572. The predicted octanol–water partition coefficient (Wildman–Crippen LogP) is -0.531. The third kappa shape index (κ3) is 2.61. The van der Waals surface area contributed by atoms with E-state index in [1.54, 1.807) is 0 Å². The van der Waals surface area contributed by atoms with Crippen LogP contribution in [0.4, 0.5) is 0 Å². The average molecular weight is 167 g/mol. The molecule has 1 aliphatic rings. The SMILES string of the molecule is O=S(=O)(O)CON1CCC1. The highest BCUT2D eigenvalue weighted by molar-refractivity contribution is 7.85. The minimum absolute atomic E-state index is 0.632. The Kier molecular flexibility index (Phi) is 2.24. The molecule has 1 aliphatic heterocycles. The first-order chi connectivity index (χ1) is 4.58. The van der Waals surface area contributed by atoms with Crippen molar-refractivity contribution in [2.45, 2.75) is 6.42 Å². The summed E-state index contributed by atoms with van der Waals surface area (Å²) in [5, 5.41) is 1.49. The molecular formula is C4H9NO4S. The third-order valence-corrected chi connectivity index (χ3v) is 1.60. The van der Waals surface area contributed by atoms with Gasteiger partial charge in [-0.05, 0) is 6.42 Å². The van der Waals surface area contributed by atoms with Gasteiger partial charge in [0.25, 0.3) is 10.1 Å². The van der Waals surface area contributed by atoms with E-state index in [0.29, 0.717) is 0 Å². The second kappa shape index (κ2) is 2.83. The van der Waals surface area contributed by atoms with Crippen LogP contribution >= 0.6 is 0 Å². The first-order valence-electron chi connectivity index (χ1n) is 2.91. The minimum atomic E-state index is -3.96. The molecule has 0 radical (unpaired) electrons. The van der Waals surface area contributed by atoms with Gasteiger partial charge in [0.1, 0.15) is 0 Å². The maximum absolute atomic E-state index is 10.1. The summed E-state index contributed by atoms with van der Waals surface area (Å²) in [5.74, 6) is -0.632. The van der Waals surface area contributed by atoms with Crippen molar-refractivity contribution in [1.29, 1.82) is 0 Å². The molecule has 0 aromatic carbocycles. The molecule has 0 bridgehead atoms. The van der Waals surface area contributed by atoms with E-state index in [0.717, 1.165) is 19.5 Å². The van der Waals surface area contributed by atoms with E-state index < -0.39 is 16.1 Å². The molecule has 0 aromatic heterocycles. The summed E-state index contributed by atoms with van der Waals surface area (Å²) in [4.78, 5) is 4.64. The Morgan fingerprint density at radius 2 is 2.10 bits per heavy atom. The van der Waals surface area contributed by atoms with E-state index in [9.17, 15) is 8.42 Å². The van der Waals surface area contributed by atoms with E-state index >= 15 is 0 Å². The van der Waals surface area contributed by atoms with Crippen molar-refractivity contribution in [2.75, 3.05) is 19.0 Å². The van der Waals surface area contributed by atoms with Gasteiger partial charge in [-0.15, -0.1) is 0 Å². The highest BCUT2D eigenvalue weighted by Gasteiger charge is 2.16. The lowest BCUT2D eigenvalue weighted by atomic mass is 10.3. The molecule has 1 N–H and O–H groups in total. The van der Waals surface area contributed by atoms with Crippen LogP contribution in [0.3, 0.4) is 0 Å². The lowest BCUT2D eigenvalue weighted by molar-refractivity contribution is -0.181. The van der Waals surface area contributed by atoms with Gasteiger partial charge in [0.2, 0.25) is 0 Å². The number of rotatable bonds is 3. The smallest absolute Gasteiger partial charge is 0.284 e. The maximum Gasteiger partial charge on any atom is 0.291 e. The predicted molar refractivity (Wildman–Crippen MR) is 33.7 cm³/mol. The second-order valence-corrected chi connectivity index (χ2v) is 3.51. The van der Waals surface area contributed by atoms with Crippen molar-refractivity contribution in [3.63, 3.8) is 0 Å². The van der Waals surface area contributed by atoms with Crippen LogP contribution in [0.15, 0.2) is 0 Å². The van der Waals surface area contributed by atoms with Crippen LogP contribution in [0.25, 0.3) is 0 Å². The van der Waals surface area contributed by atoms with Crippen molar-refractivity contribution < 1.29 is 17.8 Å². The van der Waals surface area contributed by atoms with E-state index in [1.807, 2.05) is 0 Å². The van der Waals surface area contributed by atoms with Gasteiger partial charge in [-0.2, -0.15) is 13.5 Å².